The van der Waals surface area contributed by atoms with Gasteiger partial charge in [-0.25, -0.2) is 0 Å². The van der Waals surface area contributed by atoms with Crippen molar-refractivity contribution in [2.24, 2.45) is 0 Å². The molecule has 0 fully saturated rings. The summed E-state index contributed by atoms with van der Waals surface area (Å²) in [6.07, 6.45) is 0. The summed E-state index contributed by atoms with van der Waals surface area (Å²) in [4.78, 5) is 13.7. The number of hydrogen-bond donors (Lipinski definition) is 1. The lowest BCUT2D eigenvalue weighted by atomic mass is 10.1. The molecule has 0 bridgehead atoms. The molecule has 0 aliphatic carbocycles. The fourth-order valence-corrected chi connectivity index (χ4v) is 2.91. The smallest absolute Gasteiger partial charge is 0.221 e. The van der Waals surface area contributed by atoms with Gasteiger partial charge in [-0.05, 0) is 62.7 Å². The average Bonchev–Trinajstić information content (AvgIpc) is 2.61. The Labute approximate surface area is 155 Å². The van der Waals surface area contributed by atoms with E-state index in [4.69, 9.17) is 0 Å². The van der Waals surface area contributed by atoms with E-state index in [9.17, 15) is 4.79 Å². The maximum atomic E-state index is 11.5. The molecule has 1 N–H and O–H groups in total. The zero-order valence-corrected chi connectivity index (χ0v) is 15.7. The normalized spacial score (nSPS) is 10.5. The molecule has 0 aromatic heterocycles. The van der Waals surface area contributed by atoms with Crippen LogP contribution in [0.25, 0.3) is 0 Å². The monoisotopic (exact) mass is 344 g/mol. The van der Waals surface area contributed by atoms with Gasteiger partial charge in [0.05, 0.1) is 0 Å². The van der Waals surface area contributed by atoms with E-state index >= 15 is 0 Å². The summed E-state index contributed by atoms with van der Waals surface area (Å²) in [5, 5.41) is 2.92. The Morgan fingerprint density at radius 1 is 0.731 bits per heavy atom. The first-order valence-corrected chi connectivity index (χ1v) is 8.76. The van der Waals surface area contributed by atoms with Gasteiger partial charge < -0.3 is 10.2 Å². The largest absolute Gasteiger partial charge is 0.326 e. The van der Waals surface area contributed by atoms with Gasteiger partial charge in [0, 0.05) is 29.7 Å². The van der Waals surface area contributed by atoms with Crippen LogP contribution in [0.1, 0.15) is 23.6 Å². The van der Waals surface area contributed by atoms with Gasteiger partial charge in [-0.1, -0.05) is 41.5 Å². The maximum absolute atomic E-state index is 11.5. The third-order valence-corrected chi connectivity index (χ3v) is 4.37. The topological polar surface area (TPSA) is 32.3 Å². The quantitative estimate of drug-likeness (QED) is 0.626. The molecule has 132 valence electrons. The van der Waals surface area contributed by atoms with Crippen LogP contribution in [0.3, 0.4) is 0 Å². The number of hydrogen-bond acceptors (Lipinski definition) is 2. The lowest BCUT2D eigenvalue weighted by molar-refractivity contribution is -0.114. The van der Waals surface area contributed by atoms with Gasteiger partial charge in [-0.2, -0.15) is 0 Å². The molecule has 3 rings (SSSR count). The van der Waals surface area contributed by atoms with Crippen LogP contribution in [0.4, 0.5) is 22.7 Å². The highest BCUT2D eigenvalue weighted by Crippen LogP contribution is 2.36. The summed E-state index contributed by atoms with van der Waals surface area (Å²) in [6.45, 7) is 7.70. The molecule has 3 aromatic carbocycles. The van der Waals surface area contributed by atoms with E-state index in [1.165, 1.54) is 18.1 Å². The third-order valence-electron chi connectivity index (χ3n) is 4.37. The van der Waals surface area contributed by atoms with Crippen molar-refractivity contribution in [3.8, 4) is 0 Å². The number of amides is 1. The fraction of sp³-hybridized carbons (Fsp3) is 0.174. The van der Waals surface area contributed by atoms with E-state index in [0.717, 1.165) is 28.3 Å². The molecule has 0 radical (unpaired) electrons. The molecule has 0 atom stereocenters. The van der Waals surface area contributed by atoms with Crippen molar-refractivity contribution in [2.75, 3.05) is 10.2 Å². The molecule has 0 saturated heterocycles. The van der Waals surface area contributed by atoms with Crippen LogP contribution in [-0.2, 0) is 4.79 Å². The van der Waals surface area contributed by atoms with Crippen LogP contribution < -0.4 is 10.2 Å². The van der Waals surface area contributed by atoms with Gasteiger partial charge in [0.25, 0.3) is 0 Å². The van der Waals surface area contributed by atoms with Gasteiger partial charge in [0.15, 0.2) is 0 Å². The van der Waals surface area contributed by atoms with Gasteiger partial charge in [-0.15, -0.1) is 0 Å². The second kappa shape index (κ2) is 7.44. The Hall–Kier alpha value is -3.07. The van der Waals surface area contributed by atoms with Gasteiger partial charge >= 0.3 is 0 Å². The standard InChI is InChI=1S/C23H24N2O/c1-16-5-10-20(11-6-16)25(21-12-7-17(2)8-13-21)22-14-9-18(3)23(15-22)24-19(4)26/h5-15H,1-4H3,(H,24,26). The molecule has 26 heavy (non-hydrogen) atoms. The minimum absolute atomic E-state index is 0.0672. The molecule has 0 aliphatic heterocycles. The Kier molecular flexibility index (Phi) is 5.08. The highest BCUT2D eigenvalue weighted by atomic mass is 16.1. The number of carbonyl (C=O) groups is 1. The first-order chi connectivity index (χ1) is 12.4. The zero-order chi connectivity index (χ0) is 18.7. The summed E-state index contributed by atoms with van der Waals surface area (Å²) in [6, 6.07) is 23.1. The lowest BCUT2D eigenvalue weighted by Gasteiger charge is -2.26. The van der Waals surface area contributed by atoms with Gasteiger partial charge in [0.2, 0.25) is 5.91 Å². The number of aryl methyl sites for hydroxylation is 3. The molecule has 0 unspecified atom stereocenters. The van der Waals surface area contributed by atoms with Crippen molar-refractivity contribution in [2.45, 2.75) is 27.7 Å². The fourth-order valence-electron chi connectivity index (χ4n) is 2.91. The van der Waals surface area contributed by atoms with Crippen molar-refractivity contribution in [1.29, 1.82) is 0 Å². The Bertz CT molecular complexity index is 866. The van der Waals surface area contributed by atoms with E-state index < -0.39 is 0 Å². The number of nitrogens with zero attached hydrogens (tertiary/aromatic N) is 1. The zero-order valence-electron chi connectivity index (χ0n) is 15.7. The Balaban J connectivity index is 2.12. The number of nitrogens with one attached hydrogen (secondary N) is 1. The SMILES string of the molecule is CC(=O)Nc1cc(N(c2ccc(C)cc2)c2ccc(C)cc2)ccc1C. The molecule has 0 spiro atoms. The number of benzene rings is 3. The van der Waals surface area contributed by atoms with Crippen LogP contribution in [0.5, 0.6) is 0 Å². The van der Waals surface area contributed by atoms with Gasteiger partial charge in [-0.3, -0.25) is 4.79 Å². The first-order valence-electron chi connectivity index (χ1n) is 8.76. The number of rotatable bonds is 4. The van der Waals surface area contributed by atoms with E-state index in [-0.39, 0.29) is 5.91 Å². The molecule has 0 aliphatic rings. The summed E-state index contributed by atoms with van der Waals surface area (Å²) in [5.41, 5.74) is 7.48. The van der Waals surface area contributed by atoms with E-state index in [2.05, 4.69) is 78.7 Å². The minimum atomic E-state index is -0.0672. The summed E-state index contributed by atoms with van der Waals surface area (Å²) >= 11 is 0. The molecule has 3 aromatic rings. The van der Waals surface area contributed by atoms with Crippen LogP contribution in [0, 0.1) is 20.8 Å². The molecule has 3 heteroatoms. The molecule has 0 saturated carbocycles. The minimum Gasteiger partial charge on any atom is -0.326 e. The summed E-state index contributed by atoms with van der Waals surface area (Å²) < 4.78 is 0. The Morgan fingerprint density at radius 3 is 1.65 bits per heavy atom. The Morgan fingerprint density at radius 2 is 1.19 bits per heavy atom. The van der Waals surface area contributed by atoms with Crippen molar-refractivity contribution in [3.63, 3.8) is 0 Å². The summed E-state index contributed by atoms with van der Waals surface area (Å²) in [7, 11) is 0. The van der Waals surface area contributed by atoms with E-state index in [0.29, 0.717) is 0 Å². The van der Waals surface area contributed by atoms with Crippen LogP contribution in [-0.4, -0.2) is 5.91 Å². The molecule has 0 heterocycles. The predicted octanol–water partition coefficient (Wildman–Crippen LogP) is 6.04. The summed E-state index contributed by atoms with van der Waals surface area (Å²) in [5.74, 6) is -0.0672. The van der Waals surface area contributed by atoms with E-state index in [1.807, 2.05) is 19.1 Å². The van der Waals surface area contributed by atoms with Gasteiger partial charge in [0.1, 0.15) is 0 Å². The number of carbonyl (C=O) groups excluding carboxylic acids is 1. The van der Waals surface area contributed by atoms with Crippen LogP contribution >= 0.6 is 0 Å². The average molecular weight is 344 g/mol. The van der Waals surface area contributed by atoms with Crippen molar-refractivity contribution in [3.05, 3.63) is 83.4 Å². The van der Waals surface area contributed by atoms with Crippen LogP contribution in [0.15, 0.2) is 66.7 Å². The second-order valence-electron chi connectivity index (χ2n) is 6.69. The van der Waals surface area contributed by atoms with Crippen molar-refractivity contribution in [1.82, 2.24) is 0 Å². The number of anilines is 4. The van der Waals surface area contributed by atoms with Crippen LogP contribution in [0.2, 0.25) is 0 Å². The lowest BCUT2D eigenvalue weighted by Crippen LogP contribution is -2.12. The van der Waals surface area contributed by atoms with E-state index in [1.54, 1.807) is 0 Å². The first kappa shape index (κ1) is 17.7. The second-order valence-corrected chi connectivity index (χ2v) is 6.69. The van der Waals surface area contributed by atoms with Crippen molar-refractivity contribution < 1.29 is 4.79 Å². The highest BCUT2D eigenvalue weighted by Gasteiger charge is 2.14. The van der Waals surface area contributed by atoms with Crippen molar-refractivity contribution >= 4 is 28.7 Å². The molecular formula is C23H24N2O. The predicted molar refractivity (Wildman–Crippen MR) is 110 cm³/mol. The maximum Gasteiger partial charge on any atom is 0.221 e. The molecule has 1 amide bonds. The molecular weight excluding hydrogens is 320 g/mol. The molecule has 3 nitrogen and oxygen atoms in total. The highest BCUT2D eigenvalue weighted by molar-refractivity contribution is 5.91. The third kappa shape index (κ3) is 3.94.